The molecule has 0 heterocycles. The predicted molar refractivity (Wildman–Crippen MR) is 117 cm³/mol. The summed E-state index contributed by atoms with van der Waals surface area (Å²) in [5.41, 5.74) is 0.884. The lowest BCUT2D eigenvalue weighted by molar-refractivity contribution is -0.140. The number of esters is 1. The van der Waals surface area contributed by atoms with E-state index in [1.807, 2.05) is 18.2 Å². The Morgan fingerprint density at radius 1 is 1.00 bits per heavy atom. The second-order valence-electron chi connectivity index (χ2n) is 7.47. The van der Waals surface area contributed by atoms with Crippen molar-refractivity contribution in [1.82, 2.24) is 0 Å². The molecule has 0 amide bonds. The van der Waals surface area contributed by atoms with Gasteiger partial charge in [-0.05, 0) is 38.2 Å². The molecule has 28 heavy (non-hydrogen) atoms. The van der Waals surface area contributed by atoms with Gasteiger partial charge in [-0.15, -0.1) is 0 Å². The number of carbonyl (C=O) groups is 2. The third-order valence-corrected chi connectivity index (χ3v) is 5.09. The van der Waals surface area contributed by atoms with E-state index in [2.05, 4.69) is 29.9 Å². The Hall–Kier alpha value is -1.90. The van der Waals surface area contributed by atoms with Crippen LogP contribution in [0.4, 0.5) is 0 Å². The van der Waals surface area contributed by atoms with Crippen molar-refractivity contribution in [2.75, 3.05) is 7.11 Å². The molecule has 0 fully saturated rings. The number of carbonyl (C=O) groups excluding carboxylic acids is 2. The van der Waals surface area contributed by atoms with Crippen molar-refractivity contribution >= 4 is 11.8 Å². The fourth-order valence-corrected chi connectivity index (χ4v) is 3.31. The number of rotatable bonds is 15. The van der Waals surface area contributed by atoms with Crippen molar-refractivity contribution in [3.05, 3.63) is 48.1 Å². The van der Waals surface area contributed by atoms with Crippen LogP contribution in [0.25, 0.3) is 0 Å². The van der Waals surface area contributed by atoms with E-state index in [1.54, 1.807) is 6.08 Å². The van der Waals surface area contributed by atoms with Gasteiger partial charge in [0.2, 0.25) is 0 Å². The number of hydrogen-bond donors (Lipinski definition) is 0. The van der Waals surface area contributed by atoms with Crippen molar-refractivity contribution in [2.45, 2.75) is 84.0 Å². The molecule has 3 nitrogen and oxygen atoms in total. The monoisotopic (exact) mass is 386 g/mol. The molecule has 0 aromatic heterocycles. The molecule has 156 valence electrons. The number of ketones is 1. The number of hydrogen-bond acceptors (Lipinski definition) is 3. The summed E-state index contributed by atoms with van der Waals surface area (Å²) in [7, 11) is 1.42. The molecule has 0 bridgehead atoms. The molecular formula is C25H38O3. The molecular weight excluding hydrogens is 348 g/mol. The second kappa shape index (κ2) is 16.1. The van der Waals surface area contributed by atoms with Gasteiger partial charge in [-0.2, -0.15) is 0 Å². The lowest BCUT2D eigenvalue weighted by Gasteiger charge is -2.06. The summed E-state index contributed by atoms with van der Waals surface area (Å²) in [6.07, 6.45) is 27.4. The topological polar surface area (TPSA) is 43.4 Å². The zero-order valence-corrected chi connectivity index (χ0v) is 17.8. The molecule has 3 heteroatoms. The van der Waals surface area contributed by atoms with Crippen molar-refractivity contribution in [2.24, 2.45) is 5.92 Å². The standard InChI is InChI=1S/C25H38O3/c1-3-4-5-6-7-8-9-10-11-15-18-23-22(20-21-24(23)26)17-14-12-13-16-19-25(27)28-2/h11-12,14-15,18,20-22H,3-10,13,16-17,19H2,1-2H3/b14-12-,15-11+,23-18+/t22-/m0/s1. The third kappa shape index (κ3) is 11.1. The van der Waals surface area contributed by atoms with Crippen LogP contribution in [0.5, 0.6) is 0 Å². The summed E-state index contributed by atoms with van der Waals surface area (Å²) in [4.78, 5) is 23.1. The lowest BCUT2D eigenvalue weighted by atomic mass is 9.97. The van der Waals surface area contributed by atoms with Crippen LogP contribution in [0.1, 0.15) is 84.0 Å². The van der Waals surface area contributed by atoms with Crippen molar-refractivity contribution in [3.8, 4) is 0 Å². The minimum absolute atomic E-state index is 0.129. The van der Waals surface area contributed by atoms with Crippen LogP contribution < -0.4 is 0 Å². The molecule has 0 aliphatic heterocycles. The summed E-state index contributed by atoms with van der Waals surface area (Å²) in [6, 6.07) is 0. The largest absolute Gasteiger partial charge is 0.469 e. The normalized spacial score (nSPS) is 18.1. The molecule has 1 aliphatic rings. The number of allylic oxidation sites excluding steroid dienone is 8. The molecule has 0 aromatic carbocycles. The van der Waals surface area contributed by atoms with E-state index < -0.39 is 0 Å². The van der Waals surface area contributed by atoms with Crippen molar-refractivity contribution < 1.29 is 14.3 Å². The minimum atomic E-state index is -0.161. The molecule has 1 aliphatic carbocycles. The highest BCUT2D eigenvalue weighted by Crippen LogP contribution is 2.25. The minimum Gasteiger partial charge on any atom is -0.469 e. The quantitative estimate of drug-likeness (QED) is 0.137. The Labute approximate surface area is 171 Å². The summed E-state index contributed by atoms with van der Waals surface area (Å²) < 4.78 is 4.63. The maximum Gasteiger partial charge on any atom is 0.305 e. The Bertz CT molecular complexity index is 566. The Morgan fingerprint density at radius 2 is 1.71 bits per heavy atom. The van der Waals surface area contributed by atoms with E-state index in [-0.39, 0.29) is 17.7 Å². The first-order chi connectivity index (χ1) is 13.7. The molecule has 0 radical (unpaired) electrons. The lowest BCUT2D eigenvalue weighted by Crippen LogP contribution is -2.01. The molecule has 1 atom stereocenters. The van der Waals surface area contributed by atoms with Gasteiger partial charge in [-0.1, -0.05) is 81.9 Å². The predicted octanol–water partition coefficient (Wildman–Crippen LogP) is 6.65. The number of unbranched alkanes of at least 4 members (excludes halogenated alkanes) is 8. The average Bonchev–Trinajstić information content (AvgIpc) is 3.05. The van der Waals surface area contributed by atoms with Crippen LogP contribution in [-0.2, 0) is 14.3 Å². The van der Waals surface area contributed by atoms with Gasteiger partial charge in [0.05, 0.1) is 7.11 Å². The van der Waals surface area contributed by atoms with Crippen LogP contribution in [0.15, 0.2) is 48.1 Å². The van der Waals surface area contributed by atoms with E-state index in [1.165, 1.54) is 52.1 Å². The van der Waals surface area contributed by atoms with E-state index in [9.17, 15) is 9.59 Å². The SMILES string of the molecule is CCCCCCCCC/C=C/C=C1/C(=O)C=C[C@@H]1C/C=C\CCCC(=O)OC. The highest BCUT2D eigenvalue weighted by molar-refractivity contribution is 6.07. The zero-order valence-electron chi connectivity index (χ0n) is 17.8. The van der Waals surface area contributed by atoms with Crippen molar-refractivity contribution in [1.29, 1.82) is 0 Å². The highest BCUT2D eigenvalue weighted by Gasteiger charge is 2.20. The molecule has 0 spiro atoms. The highest BCUT2D eigenvalue weighted by atomic mass is 16.5. The van der Waals surface area contributed by atoms with Gasteiger partial charge < -0.3 is 4.74 Å². The van der Waals surface area contributed by atoms with E-state index in [0.29, 0.717) is 6.42 Å². The number of methoxy groups -OCH3 is 1. The maximum atomic E-state index is 12.1. The zero-order chi connectivity index (χ0) is 20.5. The Morgan fingerprint density at radius 3 is 2.46 bits per heavy atom. The third-order valence-electron chi connectivity index (χ3n) is 5.09. The molecule has 0 saturated heterocycles. The number of ether oxygens (including phenoxy) is 1. The first-order valence-corrected chi connectivity index (χ1v) is 11.0. The maximum absolute atomic E-state index is 12.1. The van der Waals surface area contributed by atoms with Gasteiger partial charge in [-0.3, -0.25) is 9.59 Å². The molecule has 0 N–H and O–H groups in total. The van der Waals surface area contributed by atoms with Gasteiger partial charge in [0, 0.05) is 17.9 Å². The first kappa shape index (κ1) is 24.1. The molecule has 0 unspecified atom stereocenters. The van der Waals surface area contributed by atoms with Crippen LogP contribution in [0, 0.1) is 5.92 Å². The fourth-order valence-electron chi connectivity index (χ4n) is 3.31. The van der Waals surface area contributed by atoms with Gasteiger partial charge in [-0.25, -0.2) is 0 Å². The van der Waals surface area contributed by atoms with Crippen LogP contribution >= 0.6 is 0 Å². The van der Waals surface area contributed by atoms with Crippen LogP contribution in [0.2, 0.25) is 0 Å². The smallest absolute Gasteiger partial charge is 0.305 e. The molecule has 0 saturated carbocycles. The van der Waals surface area contributed by atoms with E-state index in [0.717, 1.165) is 31.3 Å². The summed E-state index contributed by atoms with van der Waals surface area (Å²) in [5.74, 6) is 0.142. The Balaban J connectivity index is 2.24. The summed E-state index contributed by atoms with van der Waals surface area (Å²) >= 11 is 0. The van der Waals surface area contributed by atoms with Gasteiger partial charge in [0.1, 0.15) is 0 Å². The summed E-state index contributed by atoms with van der Waals surface area (Å²) in [6.45, 7) is 2.25. The van der Waals surface area contributed by atoms with Gasteiger partial charge in [0.25, 0.3) is 0 Å². The Kier molecular flexibility index (Phi) is 13.9. The second-order valence-corrected chi connectivity index (χ2v) is 7.47. The van der Waals surface area contributed by atoms with Crippen LogP contribution in [-0.4, -0.2) is 18.9 Å². The molecule has 1 rings (SSSR count). The van der Waals surface area contributed by atoms with Gasteiger partial charge >= 0.3 is 5.97 Å². The fraction of sp³-hybridized carbons (Fsp3) is 0.600. The first-order valence-electron chi connectivity index (χ1n) is 11.0. The molecule has 0 aromatic rings. The van der Waals surface area contributed by atoms with Crippen LogP contribution in [0.3, 0.4) is 0 Å². The average molecular weight is 387 g/mol. The van der Waals surface area contributed by atoms with E-state index >= 15 is 0 Å². The summed E-state index contributed by atoms with van der Waals surface area (Å²) in [5, 5.41) is 0. The van der Waals surface area contributed by atoms with Crippen molar-refractivity contribution in [3.63, 3.8) is 0 Å². The van der Waals surface area contributed by atoms with Gasteiger partial charge in [0.15, 0.2) is 5.78 Å². The van der Waals surface area contributed by atoms with E-state index in [4.69, 9.17) is 0 Å².